The number of aromatic nitrogens is 2. The predicted octanol–water partition coefficient (Wildman–Crippen LogP) is 0.751. The third-order valence-electron chi connectivity index (χ3n) is 5.97. The molecule has 4 rings (SSSR count). The van der Waals surface area contributed by atoms with Crippen molar-refractivity contribution in [1.29, 1.82) is 0 Å². The fourth-order valence-corrected chi connectivity index (χ4v) is 4.69. The van der Waals surface area contributed by atoms with Gasteiger partial charge in [0.25, 0.3) is 5.91 Å². The normalized spacial score (nSPS) is 21.5. The zero-order valence-electron chi connectivity index (χ0n) is 18.5. The van der Waals surface area contributed by atoms with Crippen LogP contribution >= 0.6 is 0 Å². The molecule has 0 spiro atoms. The number of rotatable bonds is 7. The van der Waals surface area contributed by atoms with Gasteiger partial charge in [0, 0.05) is 31.4 Å². The van der Waals surface area contributed by atoms with Gasteiger partial charge in [0.1, 0.15) is 12.1 Å². The van der Waals surface area contributed by atoms with Gasteiger partial charge in [-0.3, -0.25) is 9.59 Å². The fourth-order valence-electron chi connectivity index (χ4n) is 4.17. The Labute approximate surface area is 195 Å². The molecule has 2 fully saturated rings. The quantitative estimate of drug-likeness (QED) is 0.432. The van der Waals surface area contributed by atoms with Crippen LogP contribution in [0.4, 0.5) is 17.3 Å². The summed E-state index contributed by atoms with van der Waals surface area (Å²) in [5.74, 6) is 0.309. The number of piperidine rings is 1. The van der Waals surface area contributed by atoms with Crippen molar-refractivity contribution in [2.75, 3.05) is 42.7 Å². The zero-order valence-corrected chi connectivity index (χ0v) is 19.4. The summed E-state index contributed by atoms with van der Waals surface area (Å²) in [5, 5.41) is 9.50. The van der Waals surface area contributed by atoms with Gasteiger partial charge in [0.05, 0.1) is 12.1 Å². The summed E-state index contributed by atoms with van der Waals surface area (Å²) in [6, 6.07) is 7.05. The molecule has 176 valence electrons. The van der Waals surface area contributed by atoms with E-state index >= 15 is 0 Å². The summed E-state index contributed by atoms with van der Waals surface area (Å²) in [4.78, 5) is 36.1. The van der Waals surface area contributed by atoms with Crippen LogP contribution in [0.25, 0.3) is 0 Å². The van der Waals surface area contributed by atoms with Crippen molar-refractivity contribution in [3.8, 4) is 0 Å². The maximum atomic E-state index is 12.5. The van der Waals surface area contributed by atoms with Gasteiger partial charge in [-0.15, -0.1) is 0 Å². The molecule has 0 saturated carbocycles. The van der Waals surface area contributed by atoms with Gasteiger partial charge in [-0.05, 0) is 61.2 Å². The van der Waals surface area contributed by atoms with Gasteiger partial charge in [-0.2, -0.15) is 0 Å². The minimum Gasteiger partial charge on any atom is -0.612 e. The molecule has 33 heavy (non-hydrogen) atoms. The van der Waals surface area contributed by atoms with Gasteiger partial charge >= 0.3 is 0 Å². The van der Waals surface area contributed by atoms with Crippen molar-refractivity contribution in [1.82, 2.24) is 20.6 Å². The number of amides is 2. The highest BCUT2D eigenvalue weighted by molar-refractivity contribution is 7.90. The van der Waals surface area contributed by atoms with Crippen molar-refractivity contribution < 1.29 is 14.1 Å². The van der Waals surface area contributed by atoms with E-state index in [-0.39, 0.29) is 29.4 Å². The number of carbonyl (C=O) groups excluding carboxylic acids is 2. The van der Waals surface area contributed by atoms with Gasteiger partial charge in [-0.1, -0.05) is 0 Å². The first-order valence-electron chi connectivity index (χ1n) is 11.0. The third-order valence-corrected chi connectivity index (χ3v) is 6.90. The van der Waals surface area contributed by atoms with Crippen molar-refractivity contribution in [3.63, 3.8) is 0 Å². The summed E-state index contributed by atoms with van der Waals surface area (Å²) in [6.45, 7) is 3.00. The summed E-state index contributed by atoms with van der Waals surface area (Å²) in [6.07, 6.45) is 5.84. The lowest BCUT2D eigenvalue weighted by atomic mass is 10.0. The van der Waals surface area contributed by atoms with Crippen LogP contribution in [-0.4, -0.2) is 64.8 Å². The maximum absolute atomic E-state index is 12.5. The van der Waals surface area contributed by atoms with Crippen LogP contribution in [0, 0.1) is 5.92 Å². The molecule has 2 aromatic rings. The average molecular weight is 472 g/mol. The van der Waals surface area contributed by atoms with Crippen LogP contribution in [0.5, 0.6) is 0 Å². The molecule has 0 bridgehead atoms. The standard InChI is InChI=1S/C22H29N7O3S/c1-33(32)17-6-4-15(5-7-17)26-21-19(20(23)30)25-12-18(28-21)29-10-2-3-16(13-29)27-22(31)14-8-9-24-11-14/h4-7,12,14,16,24H,2-3,8-11,13H2,1H3,(H2,23,30)(H,26,28)(H,27,31). The number of primary amides is 1. The molecule has 2 aliphatic rings. The highest BCUT2D eigenvalue weighted by atomic mass is 32.2. The molecular weight excluding hydrogens is 442 g/mol. The Morgan fingerprint density at radius 3 is 2.73 bits per heavy atom. The lowest BCUT2D eigenvalue weighted by Gasteiger charge is -2.34. The molecule has 2 amide bonds. The SMILES string of the molecule is C[S+]([O-])c1ccc(Nc2nc(N3CCCC(NC(=O)C4CCNC4)C3)cnc2C(N)=O)cc1. The molecule has 11 heteroatoms. The molecular formula is C22H29N7O3S. The highest BCUT2D eigenvalue weighted by Gasteiger charge is 2.28. The first-order valence-corrected chi connectivity index (χ1v) is 12.6. The minimum absolute atomic E-state index is 0.0299. The summed E-state index contributed by atoms with van der Waals surface area (Å²) in [5.41, 5.74) is 6.22. The number of hydrogen-bond donors (Lipinski definition) is 4. The number of nitrogens with zero attached hydrogens (tertiary/aromatic N) is 3. The van der Waals surface area contributed by atoms with Crippen LogP contribution < -0.4 is 26.6 Å². The van der Waals surface area contributed by atoms with Crippen LogP contribution in [0.15, 0.2) is 35.4 Å². The lowest BCUT2D eigenvalue weighted by Crippen LogP contribution is -2.49. The lowest BCUT2D eigenvalue weighted by molar-refractivity contribution is -0.125. The molecule has 3 atom stereocenters. The van der Waals surface area contributed by atoms with Crippen LogP contribution in [0.1, 0.15) is 29.8 Å². The monoisotopic (exact) mass is 471 g/mol. The van der Waals surface area contributed by atoms with Crippen molar-refractivity contribution in [2.24, 2.45) is 11.7 Å². The Morgan fingerprint density at radius 2 is 2.06 bits per heavy atom. The highest BCUT2D eigenvalue weighted by Crippen LogP contribution is 2.24. The Bertz CT molecular complexity index is 996. The van der Waals surface area contributed by atoms with Gasteiger partial charge in [-0.25, -0.2) is 9.97 Å². The summed E-state index contributed by atoms with van der Waals surface area (Å²) in [7, 11) is 0. The third kappa shape index (κ3) is 5.73. The van der Waals surface area contributed by atoms with E-state index in [1.807, 2.05) is 0 Å². The van der Waals surface area contributed by atoms with Gasteiger partial charge < -0.3 is 31.1 Å². The van der Waals surface area contributed by atoms with Crippen LogP contribution in [-0.2, 0) is 16.0 Å². The molecule has 2 aliphatic heterocycles. The zero-order chi connectivity index (χ0) is 23.4. The van der Waals surface area contributed by atoms with E-state index in [4.69, 9.17) is 5.73 Å². The number of nitrogens with two attached hydrogens (primary N) is 1. The van der Waals surface area contributed by atoms with Gasteiger partial charge in [0.15, 0.2) is 16.4 Å². The minimum atomic E-state index is -1.08. The summed E-state index contributed by atoms with van der Waals surface area (Å²) >= 11 is -1.08. The molecule has 1 aromatic carbocycles. The molecule has 3 unspecified atom stereocenters. The number of benzene rings is 1. The van der Waals surface area contributed by atoms with Crippen molar-refractivity contribution in [3.05, 3.63) is 36.2 Å². The molecule has 2 saturated heterocycles. The Morgan fingerprint density at radius 1 is 1.27 bits per heavy atom. The first kappa shape index (κ1) is 23.3. The Hall–Kier alpha value is -2.89. The second-order valence-corrected chi connectivity index (χ2v) is 9.76. The number of nitrogens with one attached hydrogen (secondary N) is 3. The van der Waals surface area contributed by atoms with Crippen molar-refractivity contribution in [2.45, 2.75) is 30.2 Å². The molecule has 0 aliphatic carbocycles. The van der Waals surface area contributed by atoms with E-state index < -0.39 is 17.1 Å². The van der Waals surface area contributed by atoms with Crippen LogP contribution in [0.2, 0.25) is 0 Å². The Kier molecular flexibility index (Phi) is 7.31. The fraction of sp³-hybridized carbons (Fsp3) is 0.455. The maximum Gasteiger partial charge on any atom is 0.271 e. The molecule has 5 N–H and O–H groups in total. The topological polar surface area (TPSA) is 148 Å². The predicted molar refractivity (Wildman–Crippen MR) is 127 cm³/mol. The van der Waals surface area contributed by atoms with E-state index in [0.717, 1.165) is 38.9 Å². The van der Waals surface area contributed by atoms with E-state index in [1.165, 1.54) is 0 Å². The molecule has 3 heterocycles. The molecule has 10 nitrogen and oxygen atoms in total. The molecule has 1 aromatic heterocycles. The number of hydrogen-bond acceptors (Lipinski definition) is 8. The van der Waals surface area contributed by atoms with E-state index in [0.29, 0.717) is 22.9 Å². The average Bonchev–Trinajstić information content (AvgIpc) is 3.35. The smallest absolute Gasteiger partial charge is 0.271 e. The second kappa shape index (κ2) is 10.4. The largest absolute Gasteiger partial charge is 0.612 e. The second-order valence-electron chi connectivity index (χ2n) is 8.38. The number of carbonyl (C=O) groups is 2. The van der Waals surface area contributed by atoms with Crippen molar-refractivity contribution >= 4 is 40.3 Å². The van der Waals surface area contributed by atoms with E-state index in [9.17, 15) is 14.1 Å². The first-order chi connectivity index (χ1) is 15.9. The van der Waals surface area contributed by atoms with Gasteiger partial charge in [0.2, 0.25) is 5.91 Å². The van der Waals surface area contributed by atoms with E-state index in [1.54, 1.807) is 36.7 Å². The Balaban J connectivity index is 1.49. The van der Waals surface area contributed by atoms with E-state index in [2.05, 4.69) is 30.8 Å². The molecule has 0 radical (unpaired) electrons. The number of anilines is 3. The summed E-state index contributed by atoms with van der Waals surface area (Å²) < 4.78 is 11.6. The van der Waals surface area contributed by atoms with Crippen LogP contribution in [0.3, 0.4) is 0 Å².